The zero-order chi connectivity index (χ0) is 14.2. The zero-order valence-electron chi connectivity index (χ0n) is 10.4. The van der Waals surface area contributed by atoms with Crippen LogP contribution < -0.4 is 0 Å². The maximum Gasteiger partial charge on any atom is 0.307 e. The van der Waals surface area contributed by atoms with Crippen molar-refractivity contribution in [3.63, 3.8) is 0 Å². The molecule has 4 nitrogen and oxygen atoms in total. The number of hydrogen-bond acceptors (Lipinski definition) is 2. The summed E-state index contributed by atoms with van der Waals surface area (Å²) in [6.45, 7) is 3.63. The number of benzene rings is 1. The number of rotatable bonds is 3. The van der Waals surface area contributed by atoms with Gasteiger partial charge in [-0.25, -0.2) is 4.68 Å². The lowest BCUT2D eigenvalue weighted by Crippen LogP contribution is -2.03. The fourth-order valence-corrected chi connectivity index (χ4v) is 2.24. The van der Waals surface area contributed by atoms with Crippen molar-refractivity contribution >= 4 is 29.2 Å². The molecule has 0 aliphatic carbocycles. The van der Waals surface area contributed by atoms with Gasteiger partial charge in [-0.15, -0.1) is 0 Å². The van der Waals surface area contributed by atoms with E-state index in [1.807, 2.05) is 6.92 Å². The van der Waals surface area contributed by atoms with Crippen molar-refractivity contribution in [1.82, 2.24) is 9.78 Å². The summed E-state index contributed by atoms with van der Waals surface area (Å²) < 4.78 is 1.68. The summed E-state index contributed by atoms with van der Waals surface area (Å²) in [6.07, 6.45) is -0.0427. The van der Waals surface area contributed by atoms with Crippen LogP contribution in [-0.2, 0) is 11.2 Å². The van der Waals surface area contributed by atoms with Crippen LogP contribution in [0.1, 0.15) is 17.0 Å². The number of carboxylic acids is 1. The van der Waals surface area contributed by atoms with Gasteiger partial charge in [0.25, 0.3) is 0 Å². The van der Waals surface area contributed by atoms with Gasteiger partial charge in [0, 0.05) is 11.3 Å². The van der Waals surface area contributed by atoms with Gasteiger partial charge in [0.05, 0.1) is 27.8 Å². The van der Waals surface area contributed by atoms with Gasteiger partial charge in [-0.1, -0.05) is 23.2 Å². The van der Waals surface area contributed by atoms with Crippen LogP contribution in [0.4, 0.5) is 0 Å². The van der Waals surface area contributed by atoms with E-state index in [0.29, 0.717) is 15.7 Å². The van der Waals surface area contributed by atoms with E-state index < -0.39 is 5.97 Å². The molecule has 2 aromatic rings. The van der Waals surface area contributed by atoms with Crippen LogP contribution >= 0.6 is 23.2 Å². The molecule has 0 fully saturated rings. The predicted molar refractivity (Wildman–Crippen MR) is 74.4 cm³/mol. The molecule has 0 aliphatic heterocycles. The molecular formula is C13H12Cl2N2O2. The van der Waals surface area contributed by atoms with E-state index in [9.17, 15) is 4.79 Å². The molecule has 0 saturated heterocycles. The number of aryl methyl sites for hydroxylation is 1. The van der Waals surface area contributed by atoms with Gasteiger partial charge < -0.3 is 5.11 Å². The highest BCUT2D eigenvalue weighted by atomic mass is 35.5. The number of carbonyl (C=O) groups is 1. The van der Waals surface area contributed by atoms with Crippen molar-refractivity contribution in [1.29, 1.82) is 0 Å². The number of carboxylic acid groups (broad SMARTS) is 1. The van der Waals surface area contributed by atoms with Gasteiger partial charge in [0.15, 0.2) is 0 Å². The first-order valence-electron chi connectivity index (χ1n) is 5.62. The Labute approximate surface area is 120 Å². The molecule has 6 heteroatoms. The van der Waals surface area contributed by atoms with Crippen molar-refractivity contribution < 1.29 is 9.90 Å². The van der Waals surface area contributed by atoms with Crippen molar-refractivity contribution in [2.45, 2.75) is 20.3 Å². The molecule has 19 heavy (non-hydrogen) atoms. The Morgan fingerprint density at radius 1 is 1.32 bits per heavy atom. The lowest BCUT2D eigenvalue weighted by Gasteiger charge is -2.06. The van der Waals surface area contributed by atoms with E-state index in [0.717, 1.165) is 16.9 Å². The van der Waals surface area contributed by atoms with Crippen molar-refractivity contribution in [3.05, 3.63) is 45.2 Å². The number of nitrogens with zero attached hydrogens (tertiary/aromatic N) is 2. The Morgan fingerprint density at radius 3 is 2.58 bits per heavy atom. The average molecular weight is 299 g/mol. The number of aliphatic carboxylic acids is 1. The third-order valence-corrected chi connectivity index (χ3v) is 3.66. The highest BCUT2D eigenvalue weighted by Gasteiger charge is 2.15. The topological polar surface area (TPSA) is 55.1 Å². The number of aromatic nitrogens is 2. The van der Waals surface area contributed by atoms with Crippen molar-refractivity contribution in [2.75, 3.05) is 0 Å². The van der Waals surface area contributed by atoms with E-state index in [2.05, 4.69) is 5.10 Å². The van der Waals surface area contributed by atoms with Crippen LogP contribution in [0.3, 0.4) is 0 Å². The summed E-state index contributed by atoms with van der Waals surface area (Å²) in [5, 5.41) is 14.2. The largest absolute Gasteiger partial charge is 0.481 e. The quantitative estimate of drug-likeness (QED) is 0.944. The molecule has 0 spiro atoms. The Hall–Kier alpha value is -1.52. The predicted octanol–water partition coefficient (Wildman–Crippen LogP) is 3.42. The lowest BCUT2D eigenvalue weighted by molar-refractivity contribution is -0.136. The normalized spacial score (nSPS) is 10.7. The Balaban J connectivity index is 2.51. The minimum atomic E-state index is -0.875. The molecule has 1 heterocycles. The smallest absolute Gasteiger partial charge is 0.307 e. The number of halogens is 2. The fraction of sp³-hybridized carbons (Fsp3) is 0.231. The van der Waals surface area contributed by atoms with Crippen LogP contribution in [0.5, 0.6) is 0 Å². The highest BCUT2D eigenvalue weighted by molar-refractivity contribution is 6.42. The Kier molecular flexibility index (Phi) is 3.83. The molecule has 2 rings (SSSR count). The molecule has 1 aromatic heterocycles. The Bertz CT molecular complexity index is 650. The summed E-state index contributed by atoms with van der Waals surface area (Å²) >= 11 is 11.9. The second-order valence-corrected chi connectivity index (χ2v) is 5.04. The summed E-state index contributed by atoms with van der Waals surface area (Å²) in [7, 11) is 0. The van der Waals surface area contributed by atoms with E-state index in [-0.39, 0.29) is 6.42 Å². The van der Waals surface area contributed by atoms with Gasteiger partial charge in [-0.05, 0) is 32.0 Å². The van der Waals surface area contributed by atoms with Crippen LogP contribution in [0.15, 0.2) is 18.2 Å². The minimum absolute atomic E-state index is 0.0427. The molecule has 0 radical (unpaired) electrons. The van der Waals surface area contributed by atoms with Crippen LogP contribution in [-0.4, -0.2) is 20.9 Å². The van der Waals surface area contributed by atoms with E-state index in [4.69, 9.17) is 28.3 Å². The summed E-state index contributed by atoms with van der Waals surface area (Å²) in [4.78, 5) is 10.8. The standard InChI is InChI=1S/C13H12Cl2N2O2/c1-7-10(6-13(18)19)8(2)17(16-7)9-3-4-11(14)12(15)5-9/h3-5H,6H2,1-2H3,(H,18,19). The van der Waals surface area contributed by atoms with Crippen LogP contribution in [0, 0.1) is 13.8 Å². The lowest BCUT2D eigenvalue weighted by atomic mass is 10.1. The molecule has 0 unspecified atom stereocenters. The first kappa shape index (κ1) is 13.9. The maximum atomic E-state index is 10.8. The summed E-state index contributed by atoms with van der Waals surface area (Å²) in [6, 6.07) is 5.18. The molecule has 0 saturated carbocycles. The van der Waals surface area contributed by atoms with Gasteiger partial charge in [-0.2, -0.15) is 5.10 Å². The molecule has 0 amide bonds. The second kappa shape index (κ2) is 5.23. The first-order valence-corrected chi connectivity index (χ1v) is 6.38. The van der Waals surface area contributed by atoms with Gasteiger partial charge in [-0.3, -0.25) is 4.79 Å². The molecular weight excluding hydrogens is 287 g/mol. The SMILES string of the molecule is Cc1nn(-c2ccc(Cl)c(Cl)c2)c(C)c1CC(=O)O. The molecule has 0 bridgehead atoms. The molecule has 100 valence electrons. The van der Waals surface area contributed by atoms with E-state index in [1.54, 1.807) is 29.8 Å². The van der Waals surface area contributed by atoms with Crippen molar-refractivity contribution in [2.24, 2.45) is 0 Å². The van der Waals surface area contributed by atoms with E-state index in [1.165, 1.54) is 0 Å². The summed E-state index contributed by atoms with van der Waals surface area (Å²) in [5.41, 5.74) is 2.97. The molecule has 1 aromatic carbocycles. The van der Waals surface area contributed by atoms with Gasteiger partial charge in [0.2, 0.25) is 0 Å². The third kappa shape index (κ3) is 2.74. The van der Waals surface area contributed by atoms with E-state index >= 15 is 0 Å². The first-order chi connectivity index (χ1) is 8.90. The average Bonchev–Trinajstić information content (AvgIpc) is 2.60. The molecule has 0 aliphatic rings. The van der Waals surface area contributed by atoms with Gasteiger partial charge >= 0.3 is 5.97 Å². The van der Waals surface area contributed by atoms with Gasteiger partial charge in [0.1, 0.15) is 0 Å². The Morgan fingerprint density at radius 2 is 2.00 bits per heavy atom. The van der Waals surface area contributed by atoms with Crippen LogP contribution in [0.25, 0.3) is 5.69 Å². The molecule has 0 atom stereocenters. The maximum absolute atomic E-state index is 10.8. The molecule has 1 N–H and O–H groups in total. The fourth-order valence-electron chi connectivity index (χ4n) is 1.95. The van der Waals surface area contributed by atoms with Crippen molar-refractivity contribution in [3.8, 4) is 5.69 Å². The highest BCUT2D eigenvalue weighted by Crippen LogP contribution is 2.26. The minimum Gasteiger partial charge on any atom is -0.481 e. The third-order valence-electron chi connectivity index (χ3n) is 2.92. The second-order valence-electron chi connectivity index (χ2n) is 4.23. The van der Waals surface area contributed by atoms with Crippen LogP contribution in [0.2, 0.25) is 10.0 Å². The summed E-state index contributed by atoms with van der Waals surface area (Å²) in [5.74, 6) is -0.875. The zero-order valence-corrected chi connectivity index (χ0v) is 12.0. The number of hydrogen-bond donors (Lipinski definition) is 1. The monoisotopic (exact) mass is 298 g/mol.